The van der Waals surface area contributed by atoms with Crippen LogP contribution in [0.4, 0.5) is 4.39 Å². The average Bonchev–Trinajstić information content (AvgIpc) is 3.40. The molecule has 0 atom stereocenters. The molecule has 2 aromatic carbocycles. The Morgan fingerprint density at radius 1 is 1.06 bits per heavy atom. The summed E-state index contributed by atoms with van der Waals surface area (Å²) in [6.45, 7) is 1.81. The molecular weight excluding hydrogens is 411 g/mol. The first-order valence-electron chi connectivity index (χ1n) is 9.89. The van der Waals surface area contributed by atoms with Gasteiger partial charge in [-0.3, -0.25) is 4.79 Å². The minimum Gasteiger partial charge on any atom is -0.491 e. The minimum absolute atomic E-state index is 0.0384. The third-order valence-electron chi connectivity index (χ3n) is 5.42. The molecule has 0 amide bonds. The molecule has 5 rings (SSSR count). The molecule has 0 aliphatic rings. The lowest BCUT2D eigenvalue weighted by Crippen LogP contribution is -2.18. The van der Waals surface area contributed by atoms with E-state index in [1.165, 1.54) is 18.0 Å². The average molecular weight is 430 g/mol. The Morgan fingerprint density at radius 2 is 1.84 bits per heavy atom. The summed E-state index contributed by atoms with van der Waals surface area (Å²) in [5.74, 6) is 0.233. The Labute approximate surface area is 182 Å². The molecule has 0 aliphatic heterocycles. The largest absolute Gasteiger partial charge is 0.491 e. The third-order valence-corrected chi connectivity index (χ3v) is 5.42. The third kappa shape index (κ3) is 2.97. The molecule has 0 saturated heterocycles. The molecule has 32 heavy (non-hydrogen) atoms. The SMILES string of the molecule is COc1cn(-c2ccc3nc(C)n(C)c3c2F)nc(-c2ccnn2-c2ccccc2)c1=O. The van der Waals surface area contributed by atoms with Crippen LogP contribution in [0, 0.1) is 12.7 Å². The molecule has 0 aliphatic carbocycles. The Balaban J connectivity index is 1.75. The number of nitrogens with zero attached hydrogens (tertiary/aromatic N) is 6. The number of fused-ring (bicyclic) bond motifs is 1. The van der Waals surface area contributed by atoms with E-state index in [2.05, 4.69) is 15.2 Å². The number of aromatic nitrogens is 6. The zero-order valence-electron chi connectivity index (χ0n) is 17.7. The zero-order valence-corrected chi connectivity index (χ0v) is 17.7. The first-order chi connectivity index (χ1) is 15.5. The number of imidazole rings is 1. The van der Waals surface area contributed by atoms with Crippen molar-refractivity contribution in [1.29, 1.82) is 0 Å². The first-order valence-corrected chi connectivity index (χ1v) is 9.89. The van der Waals surface area contributed by atoms with E-state index in [0.717, 1.165) is 5.69 Å². The van der Waals surface area contributed by atoms with Gasteiger partial charge >= 0.3 is 0 Å². The molecule has 0 N–H and O–H groups in total. The summed E-state index contributed by atoms with van der Waals surface area (Å²) >= 11 is 0. The van der Waals surface area contributed by atoms with Gasteiger partial charge in [0.25, 0.3) is 5.43 Å². The quantitative estimate of drug-likeness (QED) is 0.437. The fourth-order valence-corrected chi connectivity index (χ4v) is 3.70. The monoisotopic (exact) mass is 430 g/mol. The molecule has 0 radical (unpaired) electrons. The van der Waals surface area contributed by atoms with Gasteiger partial charge in [-0.05, 0) is 37.3 Å². The van der Waals surface area contributed by atoms with Gasteiger partial charge in [0.15, 0.2) is 17.3 Å². The topological polar surface area (TPSA) is 79.8 Å². The standard InChI is InChI=1S/C23H19FN6O2/c1-14-26-16-9-10-17(20(24)22(16)28(14)2)29-13-19(32-3)23(31)21(27-29)18-11-12-25-30(18)15-7-5-4-6-8-15/h4-13H,1-3H3. The second-order valence-electron chi connectivity index (χ2n) is 7.27. The molecule has 0 fully saturated rings. The van der Waals surface area contributed by atoms with Crippen LogP contribution in [-0.4, -0.2) is 36.2 Å². The Morgan fingerprint density at radius 3 is 2.59 bits per heavy atom. The summed E-state index contributed by atoms with van der Waals surface area (Å²) in [6, 6.07) is 14.4. The molecule has 0 saturated carbocycles. The van der Waals surface area contributed by atoms with Crippen molar-refractivity contribution in [2.75, 3.05) is 7.11 Å². The van der Waals surface area contributed by atoms with Gasteiger partial charge in [0.1, 0.15) is 17.0 Å². The van der Waals surface area contributed by atoms with E-state index in [9.17, 15) is 4.79 Å². The summed E-state index contributed by atoms with van der Waals surface area (Å²) in [6.07, 6.45) is 2.96. The van der Waals surface area contributed by atoms with E-state index >= 15 is 4.39 Å². The number of hydrogen-bond acceptors (Lipinski definition) is 5. The van der Waals surface area contributed by atoms with Crippen molar-refractivity contribution < 1.29 is 9.13 Å². The molecule has 3 aromatic heterocycles. The number of para-hydroxylation sites is 1. The van der Waals surface area contributed by atoms with E-state index in [1.807, 2.05) is 37.3 Å². The van der Waals surface area contributed by atoms with Crippen molar-refractivity contribution in [1.82, 2.24) is 29.1 Å². The number of rotatable bonds is 4. The van der Waals surface area contributed by atoms with Crippen LogP contribution in [0.2, 0.25) is 0 Å². The maximum absolute atomic E-state index is 15.5. The number of ether oxygens (including phenoxy) is 1. The smallest absolute Gasteiger partial charge is 0.251 e. The van der Waals surface area contributed by atoms with Gasteiger partial charge in [0.2, 0.25) is 0 Å². The van der Waals surface area contributed by atoms with Crippen molar-refractivity contribution in [3.05, 3.63) is 82.8 Å². The summed E-state index contributed by atoms with van der Waals surface area (Å²) < 4.78 is 25.4. The molecule has 3 heterocycles. The lowest BCUT2D eigenvalue weighted by molar-refractivity contribution is 0.405. The lowest BCUT2D eigenvalue weighted by atomic mass is 10.2. The fraction of sp³-hybridized carbons (Fsp3) is 0.130. The maximum Gasteiger partial charge on any atom is 0.251 e. The number of benzene rings is 2. The Kier molecular flexibility index (Phi) is 4.58. The van der Waals surface area contributed by atoms with Gasteiger partial charge in [-0.2, -0.15) is 10.2 Å². The van der Waals surface area contributed by atoms with Gasteiger partial charge in [0, 0.05) is 7.05 Å². The highest BCUT2D eigenvalue weighted by atomic mass is 19.1. The van der Waals surface area contributed by atoms with Crippen LogP contribution in [0.25, 0.3) is 33.8 Å². The van der Waals surface area contributed by atoms with Crippen LogP contribution < -0.4 is 10.2 Å². The van der Waals surface area contributed by atoms with Crippen LogP contribution in [0.3, 0.4) is 0 Å². The van der Waals surface area contributed by atoms with E-state index < -0.39 is 11.2 Å². The van der Waals surface area contributed by atoms with Crippen LogP contribution in [0.5, 0.6) is 5.75 Å². The van der Waals surface area contributed by atoms with Crippen molar-refractivity contribution in [2.24, 2.45) is 7.05 Å². The molecule has 0 bridgehead atoms. The van der Waals surface area contributed by atoms with Crippen molar-refractivity contribution in [3.63, 3.8) is 0 Å². The van der Waals surface area contributed by atoms with Gasteiger partial charge in [-0.25, -0.2) is 18.7 Å². The highest BCUT2D eigenvalue weighted by Gasteiger charge is 2.20. The predicted octanol–water partition coefficient (Wildman–Crippen LogP) is 3.43. The maximum atomic E-state index is 15.5. The second-order valence-corrected chi connectivity index (χ2v) is 7.27. The Hall–Kier alpha value is -4.27. The van der Waals surface area contributed by atoms with Crippen molar-refractivity contribution in [2.45, 2.75) is 6.92 Å². The Bertz CT molecular complexity index is 1520. The first kappa shape index (κ1) is 19.7. The van der Waals surface area contributed by atoms with E-state index in [1.54, 1.807) is 40.7 Å². The van der Waals surface area contributed by atoms with Gasteiger partial charge in [-0.1, -0.05) is 18.2 Å². The normalized spacial score (nSPS) is 11.2. The van der Waals surface area contributed by atoms with E-state index in [-0.39, 0.29) is 17.1 Å². The van der Waals surface area contributed by atoms with Gasteiger partial charge in [-0.15, -0.1) is 0 Å². The predicted molar refractivity (Wildman–Crippen MR) is 118 cm³/mol. The van der Waals surface area contributed by atoms with Gasteiger partial charge in [0.05, 0.1) is 36.4 Å². The number of hydrogen-bond donors (Lipinski definition) is 0. The van der Waals surface area contributed by atoms with Crippen molar-refractivity contribution >= 4 is 11.0 Å². The molecule has 8 nitrogen and oxygen atoms in total. The number of aryl methyl sites for hydroxylation is 2. The van der Waals surface area contributed by atoms with E-state index in [0.29, 0.717) is 22.6 Å². The van der Waals surface area contributed by atoms with Crippen molar-refractivity contribution in [3.8, 4) is 28.5 Å². The second kappa shape index (κ2) is 7.45. The molecule has 0 spiro atoms. The highest BCUT2D eigenvalue weighted by Crippen LogP contribution is 2.26. The molecular formula is C23H19FN6O2. The summed E-state index contributed by atoms with van der Waals surface area (Å²) in [7, 11) is 3.14. The van der Waals surface area contributed by atoms with E-state index in [4.69, 9.17) is 4.74 Å². The minimum atomic E-state index is -0.494. The van der Waals surface area contributed by atoms with Crippen LogP contribution >= 0.6 is 0 Å². The zero-order chi connectivity index (χ0) is 22.4. The molecule has 5 aromatic rings. The van der Waals surface area contributed by atoms with Crippen LogP contribution in [0.1, 0.15) is 5.82 Å². The number of halogens is 1. The summed E-state index contributed by atoms with van der Waals surface area (Å²) in [4.78, 5) is 17.4. The lowest BCUT2D eigenvalue weighted by Gasteiger charge is -2.13. The summed E-state index contributed by atoms with van der Waals surface area (Å²) in [5.41, 5.74) is 1.97. The number of methoxy groups -OCH3 is 1. The molecule has 0 unspecified atom stereocenters. The highest BCUT2D eigenvalue weighted by molar-refractivity contribution is 5.79. The summed E-state index contributed by atoms with van der Waals surface area (Å²) in [5, 5.41) is 8.81. The molecule has 9 heteroatoms. The van der Waals surface area contributed by atoms with Gasteiger partial charge < -0.3 is 9.30 Å². The van der Waals surface area contributed by atoms with Crippen LogP contribution in [-0.2, 0) is 7.05 Å². The van der Waals surface area contributed by atoms with Crippen LogP contribution in [0.15, 0.2) is 65.7 Å². The fourth-order valence-electron chi connectivity index (χ4n) is 3.70. The molecule has 160 valence electrons.